The highest BCUT2D eigenvalue weighted by molar-refractivity contribution is 7.99. The molecule has 1 heterocycles. The van der Waals surface area contributed by atoms with Crippen LogP contribution in [-0.4, -0.2) is 15.5 Å². The number of nitrogens with zero attached hydrogens (tertiary/aromatic N) is 3. The molecule has 0 radical (unpaired) electrons. The van der Waals surface area contributed by atoms with Crippen LogP contribution in [0, 0.1) is 23.7 Å². The van der Waals surface area contributed by atoms with E-state index in [0.29, 0.717) is 11.8 Å². The second-order valence-corrected chi connectivity index (χ2v) is 5.37. The molecule has 1 aliphatic rings. The van der Waals surface area contributed by atoms with E-state index in [4.69, 9.17) is 5.26 Å². The van der Waals surface area contributed by atoms with Gasteiger partial charge in [0.15, 0.2) is 0 Å². The standard InChI is InChI=1S/C11H15N3S/c1-9-7-10(14(2)13-9)15-8-11(3-4-11)5-6-12/h7H,3-5,8H2,1-2H3. The van der Waals surface area contributed by atoms with Crippen LogP contribution in [0.25, 0.3) is 0 Å². The normalized spacial score (nSPS) is 17.4. The summed E-state index contributed by atoms with van der Waals surface area (Å²) in [5.41, 5.74) is 1.38. The molecule has 0 spiro atoms. The lowest BCUT2D eigenvalue weighted by Gasteiger charge is -2.09. The van der Waals surface area contributed by atoms with Gasteiger partial charge in [-0.2, -0.15) is 10.4 Å². The fourth-order valence-electron chi connectivity index (χ4n) is 1.67. The first kappa shape index (κ1) is 10.6. The Morgan fingerprint density at radius 3 is 2.87 bits per heavy atom. The van der Waals surface area contributed by atoms with E-state index >= 15 is 0 Å². The van der Waals surface area contributed by atoms with Crippen LogP contribution in [0.2, 0.25) is 0 Å². The van der Waals surface area contributed by atoms with E-state index in [9.17, 15) is 0 Å². The summed E-state index contributed by atoms with van der Waals surface area (Å²) in [7, 11) is 1.97. The third-order valence-corrected chi connectivity index (χ3v) is 4.33. The summed E-state index contributed by atoms with van der Waals surface area (Å²) in [5, 5.41) is 14.2. The molecule has 0 N–H and O–H groups in total. The zero-order valence-electron chi connectivity index (χ0n) is 9.16. The van der Waals surface area contributed by atoms with Crippen molar-refractivity contribution < 1.29 is 0 Å². The molecule has 3 nitrogen and oxygen atoms in total. The van der Waals surface area contributed by atoms with E-state index in [2.05, 4.69) is 17.2 Å². The minimum atomic E-state index is 0.317. The highest BCUT2D eigenvalue weighted by atomic mass is 32.2. The van der Waals surface area contributed by atoms with Gasteiger partial charge in [-0.3, -0.25) is 4.68 Å². The molecule has 0 amide bonds. The molecule has 0 aliphatic heterocycles. The summed E-state index contributed by atoms with van der Waals surface area (Å²) < 4.78 is 1.92. The molecule has 1 fully saturated rings. The van der Waals surface area contributed by atoms with Gasteiger partial charge in [0, 0.05) is 19.2 Å². The smallest absolute Gasteiger partial charge is 0.0939 e. The van der Waals surface area contributed by atoms with Crippen LogP contribution in [-0.2, 0) is 7.05 Å². The Bertz CT molecular complexity index is 398. The Morgan fingerprint density at radius 1 is 1.67 bits per heavy atom. The first-order chi connectivity index (χ1) is 7.15. The van der Waals surface area contributed by atoms with Gasteiger partial charge in [-0.05, 0) is 31.2 Å². The number of nitriles is 1. The van der Waals surface area contributed by atoms with Gasteiger partial charge in [0.2, 0.25) is 0 Å². The molecule has 4 heteroatoms. The van der Waals surface area contributed by atoms with Gasteiger partial charge in [-0.15, -0.1) is 11.8 Å². The lowest BCUT2D eigenvalue weighted by Crippen LogP contribution is -2.03. The Balaban J connectivity index is 1.94. The molecule has 0 unspecified atom stereocenters. The Labute approximate surface area is 94.5 Å². The topological polar surface area (TPSA) is 41.6 Å². The van der Waals surface area contributed by atoms with E-state index < -0.39 is 0 Å². The summed E-state index contributed by atoms with van der Waals surface area (Å²) in [4.78, 5) is 0. The van der Waals surface area contributed by atoms with Crippen LogP contribution < -0.4 is 0 Å². The quantitative estimate of drug-likeness (QED) is 0.734. The molecule has 1 saturated carbocycles. The fourth-order valence-corrected chi connectivity index (χ4v) is 2.99. The predicted octanol–water partition coefficient (Wildman–Crippen LogP) is 2.51. The zero-order valence-corrected chi connectivity index (χ0v) is 9.97. The van der Waals surface area contributed by atoms with E-state index in [1.807, 2.05) is 30.4 Å². The number of hydrogen-bond acceptors (Lipinski definition) is 3. The van der Waals surface area contributed by atoms with E-state index in [0.717, 1.165) is 11.4 Å². The maximum Gasteiger partial charge on any atom is 0.0939 e. The van der Waals surface area contributed by atoms with Crippen LogP contribution in [0.5, 0.6) is 0 Å². The number of aromatic nitrogens is 2. The second-order valence-electron chi connectivity index (χ2n) is 4.37. The number of rotatable bonds is 4. The van der Waals surface area contributed by atoms with Gasteiger partial charge >= 0.3 is 0 Å². The predicted molar refractivity (Wildman–Crippen MR) is 60.6 cm³/mol. The summed E-state index contributed by atoms with van der Waals surface area (Å²) >= 11 is 1.83. The van der Waals surface area contributed by atoms with Gasteiger partial charge in [0.1, 0.15) is 0 Å². The molecular weight excluding hydrogens is 206 g/mol. The van der Waals surface area contributed by atoms with Gasteiger partial charge in [-0.25, -0.2) is 0 Å². The lowest BCUT2D eigenvalue weighted by molar-refractivity contribution is 0.601. The molecule has 0 bridgehead atoms. The van der Waals surface area contributed by atoms with Gasteiger partial charge < -0.3 is 0 Å². The molecular formula is C11H15N3S. The molecule has 80 valence electrons. The van der Waals surface area contributed by atoms with Crippen LogP contribution in [0.3, 0.4) is 0 Å². The van der Waals surface area contributed by atoms with Crippen molar-refractivity contribution in [1.82, 2.24) is 9.78 Å². The van der Waals surface area contributed by atoms with Gasteiger partial charge in [0.05, 0.1) is 16.8 Å². The number of aryl methyl sites for hydroxylation is 2. The Hall–Kier alpha value is -0.950. The fraction of sp³-hybridized carbons (Fsp3) is 0.636. The summed E-state index contributed by atoms with van der Waals surface area (Å²) in [6, 6.07) is 4.40. The molecule has 0 atom stereocenters. The van der Waals surface area contributed by atoms with E-state index in [1.165, 1.54) is 17.9 Å². The van der Waals surface area contributed by atoms with Crippen LogP contribution in [0.15, 0.2) is 11.1 Å². The average molecular weight is 221 g/mol. The van der Waals surface area contributed by atoms with Gasteiger partial charge in [0.25, 0.3) is 0 Å². The first-order valence-electron chi connectivity index (χ1n) is 5.16. The van der Waals surface area contributed by atoms with Crippen LogP contribution >= 0.6 is 11.8 Å². The molecule has 1 aliphatic carbocycles. The van der Waals surface area contributed by atoms with E-state index in [-0.39, 0.29) is 0 Å². The lowest BCUT2D eigenvalue weighted by atomic mass is 10.1. The van der Waals surface area contributed by atoms with E-state index in [1.54, 1.807) is 0 Å². The average Bonchev–Trinajstić information content (AvgIpc) is 2.86. The minimum Gasteiger partial charge on any atom is -0.262 e. The van der Waals surface area contributed by atoms with Crippen molar-refractivity contribution in [1.29, 1.82) is 5.26 Å². The van der Waals surface area contributed by atoms with Crippen molar-refractivity contribution in [3.8, 4) is 6.07 Å². The molecule has 1 aromatic heterocycles. The van der Waals surface area contributed by atoms with Crippen LogP contribution in [0.4, 0.5) is 0 Å². The summed E-state index contributed by atoms with van der Waals surface area (Å²) in [6.45, 7) is 2.01. The first-order valence-corrected chi connectivity index (χ1v) is 6.14. The molecule has 0 aromatic carbocycles. The second kappa shape index (κ2) is 3.90. The monoisotopic (exact) mass is 221 g/mol. The zero-order chi connectivity index (χ0) is 10.9. The number of thioether (sulfide) groups is 1. The molecule has 0 saturated heterocycles. The third kappa shape index (κ3) is 2.35. The molecule has 15 heavy (non-hydrogen) atoms. The van der Waals surface area contributed by atoms with Crippen LogP contribution in [0.1, 0.15) is 25.0 Å². The van der Waals surface area contributed by atoms with Gasteiger partial charge in [-0.1, -0.05) is 0 Å². The number of hydrogen-bond donors (Lipinski definition) is 0. The van der Waals surface area contributed by atoms with Crippen molar-refractivity contribution in [3.05, 3.63) is 11.8 Å². The maximum absolute atomic E-state index is 8.72. The van der Waals surface area contributed by atoms with Crippen molar-refractivity contribution in [2.45, 2.75) is 31.2 Å². The van der Waals surface area contributed by atoms with Crippen molar-refractivity contribution in [2.24, 2.45) is 12.5 Å². The van der Waals surface area contributed by atoms with Crippen molar-refractivity contribution >= 4 is 11.8 Å². The summed E-state index contributed by atoms with van der Waals surface area (Å²) in [6.07, 6.45) is 3.13. The summed E-state index contributed by atoms with van der Waals surface area (Å²) in [5.74, 6) is 1.06. The largest absolute Gasteiger partial charge is 0.262 e. The molecule has 1 aromatic rings. The third-order valence-electron chi connectivity index (χ3n) is 2.90. The SMILES string of the molecule is Cc1cc(SCC2(CC#N)CC2)n(C)n1. The molecule has 2 rings (SSSR count). The highest BCUT2D eigenvalue weighted by Gasteiger charge is 2.42. The van der Waals surface area contributed by atoms with Crippen molar-refractivity contribution in [3.63, 3.8) is 0 Å². The minimum absolute atomic E-state index is 0.317. The highest BCUT2D eigenvalue weighted by Crippen LogP contribution is 2.51. The Kier molecular flexibility index (Phi) is 2.74. The maximum atomic E-state index is 8.72. The van der Waals surface area contributed by atoms with Crippen molar-refractivity contribution in [2.75, 3.05) is 5.75 Å². The Morgan fingerprint density at radius 2 is 2.40 bits per heavy atom.